The summed E-state index contributed by atoms with van der Waals surface area (Å²) in [4.78, 5) is 27.6. The molecule has 0 bridgehead atoms. The molecule has 39 heavy (non-hydrogen) atoms. The first kappa shape index (κ1) is 30.5. The minimum absolute atomic E-state index is 0.0270. The van der Waals surface area contributed by atoms with Gasteiger partial charge in [0.2, 0.25) is 0 Å². The highest BCUT2D eigenvalue weighted by Crippen LogP contribution is 2.59. The molecule has 0 spiro atoms. The lowest BCUT2D eigenvalue weighted by Gasteiger charge is -2.40. The van der Waals surface area contributed by atoms with Gasteiger partial charge in [0.1, 0.15) is 23.0 Å². The van der Waals surface area contributed by atoms with Gasteiger partial charge in [-0.15, -0.1) is 0 Å². The Morgan fingerprint density at radius 3 is 2.23 bits per heavy atom. The van der Waals surface area contributed by atoms with Crippen LogP contribution in [-0.2, 0) is 19.9 Å². The van der Waals surface area contributed by atoms with E-state index in [-0.39, 0.29) is 32.7 Å². The second-order valence-electron chi connectivity index (χ2n) is 10.3. The third-order valence-corrected chi connectivity index (χ3v) is 7.22. The van der Waals surface area contributed by atoms with Crippen molar-refractivity contribution < 1.29 is 42.1 Å². The molecule has 0 aliphatic carbocycles. The predicted molar refractivity (Wildman–Crippen MR) is 133 cm³/mol. The number of aliphatic carboxylic acids is 1. The molecule has 1 heterocycles. The molecule has 2 aromatic carbocycles. The normalized spacial score (nSPS) is 23.8. The first-order valence-electron chi connectivity index (χ1n) is 11.5. The highest BCUT2D eigenvalue weighted by Gasteiger charge is 2.72. The van der Waals surface area contributed by atoms with Gasteiger partial charge in [-0.1, -0.05) is 50.0 Å². The highest BCUT2D eigenvalue weighted by molar-refractivity contribution is 6.31. The van der Waals surface area contributed by atoms with E-state index in [1.807, 2.05) is 6.07 Å². The van der Waals surface area contributed by atoms with Crippen LogP contribution >= 0.6 is 23.2 Å². The summed E-state index contributed by atoms with van der Waals surface area (Å²) >= 11 is 12.1. The zero-order valence-corrected chi connectivity index (χ0v) is 22.7. The van der Waals surface area contributed by atoms with E-state index < -0.39 is 58.2 Å². The summed E-state index contributed by atoms with van der Waals surface area (Å²) < 4.78 is 65.4. The standard InChI is InChI=1S/C26H24Cl2F4N2O5/c1-24(2,3)11-19-25(12-33,16-7-5-14(28)10-17(16)29)20(15-9-13(27)6-8-18(15)38-4)21(22(35)36)34(19)26(30,31)23(37)39-32/h5-10,19-21H,11H2,1-4H3,(H,35,36)/t19-,20-,21+,25-/m0/s1. The number of ether oxygens (including phenoxy) is 1. The van der Waals surface area contributed by atoms with Gasteiger partial charge in [-0.05, 0) is 42.2 Å². The molecule has 210 valence electrons. The number of nitrogens with zero attached hydrogens (tertiary/aromatic N) is 2. The van der Waals surface area contributed by atoms with E-state index in [1.54, 1.807) is 20.8 Å². The molecule has 7 nitrogen and oxygen atoms in total. The van der Waals surface area contributed by atoms with Gasteiger partial charge >= 0.3 is 18.0 Å². The molecule has 0 unspecified atom stereocenters. The highest BCUT2D eigenvalue weighted by atomic mass is 35.5. The Hall–Kier alpha value is -3.07. The molecular weight excluding hydrogens is 567 g/mol. The van der Waals surface area contributed by atoms with Crippen LogP contribution in [0.15, 0.2) is 36.4 Å². The Morgan fingerprint density at radius 1 is 1.15 bits per heavy atom. The fourth-order valence-electron chi connectivity index (χ4n) is 5.39. The largest absolute Gasteiger partial charge is 0.496 e. The maximum Gasteiger partial charge on any atom is 0.434 e. The Labute approximate surface area is 231 Å². The minimum atomic E-state index is -4.90. The second-order valence-corrected chi connectivity index (χ2v) is 11.2. The van der Waals surface area contributed by atoms with Crippen molar-refractivity contribution in [2.45, 2.75) is 56.7 Å². The summed E-state index contributed by atoms with van der Waals surface area (Å²) in [5, 5.41) is 21.1. The first-order chi connectivity index (χ1) is 18.1. The molecule has 1 aliphatic heterocycles. The number of alkyl halides is 2. The van der Waals surface area contributed by atoms with Crippen molar-refractivity contribution in [3.63, 3.8) is 0 Å². The maximum atomic E-state index is 15.7. The number of halogens is 6. The average molecular weight is 591 g/mol. The molecule has 4 atom stereocenters. The van der Waals surface area contributed by atoms with E-state index >= 15 is 13.2 Å². The minimum Gasteiger partial charge on any atom is -0.496 e. The van der Waals surface area contributed by atoms with E-state index in [0.29, 0.717) is 0 Å². The topological polar surface area (TPSA) is 99.9 Å². The van der Waals surface area contributed by atoms with Crippen molar-refractivity contribution in [2.24, 2.45) is 5.41 Å². The Kier molecular flexibility index (Phi) is 8.46. The van der Waals surface area contributed by atoms with Crippen LogP contribution in [0.1, 0.15) is 44.2 Å². The summed E-state index contributed by atoms with van der Waals surface area (Å²) in [6.07, 6.45) is -0.374. The van der Waals surface area contributed by atoms with Crippen LogP contribution in [0.25, 0.3) is 0 Å². The van der Waals surface area contributed by atoms with Crippen LogP contribution in [0.4, 0.5) is 17.7 Å². The summed E-state index contributed by atoms with van der Waals surface area (Å²) in [5.74, 6) is -7.56. The first-order valence-corrected chi connectivity index (χ1v) is 12.2. The van der Waals surface area contributed by atoms with E-state index in [0.717, 1.165) is 12.1 Å². The van der Waals surface area contributed by atoms with Gasteiger partial charge in [-0.3, -0.25) is 4.79 Å². The van der Waals surface area contributed by atoms with Gasteiger partial charge in [0.05, 0.1) is 13.2 Å². The van der Waals surface area contributed by atoms with E-state index in [2.05, 4.69) is 4.94 Å². The van der Waals surface area contributed by atoms with Crippen LogP contribution in [0.2, 0.25) is 10.0 Å². The molecule has 1 N–H and O–H groups in total. The number of carbonyl (C=O) groups is 2. The van der Waals surface area contributed by atoms with Gasteiger partial charge in [-0.2, -0.15) is 14.0 Å². The van der Waals surface area contributed by atoms with Gasteiger partial charge in [-0.25, -0.2) is 19.0 Å². The Balaban J connectivity index is 2.60. The van der Waals surface area contributed by atoms with Crippen molar-refractivity contribution in [1.29, 1.82) is 5.26 Å². The van der Waals surface area contributed by atoms with Crippen LogP contribution in [0.3, 0.4) is 0 Å². The number of benzene rings is 2. The summed E-state index contributed by atoms with van der Waals surface area (Å²) in [5.41, 5.74) is -3.92. The molecule has 0 amide bonds. The van der Waals surface area contributed by atoms with Crippen molar-refractivity contribution in [2.75, 3.05) is 7.11 Å². The summed E-state index contributed by atoms with van der Waals surface area (Å²) in [7, 11) is 1.22. The zero-order valence-electron chi connectivity index (χ0n) is 21.1. The smallest absolute Gasteiger partial charge is 0.434 e. The van der Waals surface area contributed by atoms with Crippen LogP contribution in [0, 0.1) is 22.6 Å². The summed E-state index contributed by atoms with van der Waals surface area (Å²) in [6, 6.07) is -0.187. The van der Waals surface area contributed by atoms with Crippen molar-refractivity contribution in [1.82, 2.24) is 4.90 Å². The number of likely N-dealkylation sites (tertiary alicyclic amines) is 1. The Bertz CT molecular complexity index is 1330. The number of rotatable bonds is 7. The number of hydrogen-bond acceptors (Lipinski definition) is 6. The van der Waals surface area contributed by atoms with Crippen LogP contribution in [-0.4, -0.2) is 47.2 Å². The number of carboxylic acids is 1. The lowest BCUT2D eigenvalue weighted by molar-refractivity contribution is -0.245. The monoisotopic (exact) mass is 590 g/mol. The number of carbonyl (C=O) groups excluding carboxylic acids is 1. The zero-order chi connectivity index (χ0) is 29.5. The fraction of sp³-hybridized carbons (Fsp3) is 0.423. The molecule has 13 heteroatoms. The molecular formula is C26H24Cl2F4N2O5. The van der Waals surface area contributed by atoms with Crippen LogP contribution in [0.5, 0.6) is 5.75 Å². The molecule has 1 saturated heterocycles. The van der Waals surface area contributed by atoms with E-state index in [4.69, 9.17) is 27.9 Å². The predicted octanol–water partition coefficient (Wildman–Crippen LogP) is 6.28. The van der Waals surface area contributed by atoms with Gasteiger partial charge in [0, 0.05) is 37.7 Å². The molecule has 1 aliphatic rings. The number of methoxy groups -OCH3 is 1. The molecule has 0 saturated carbocycles. The SMILES string of the molecule is COc1ccc(Cl)cc1[C@H]1[C@H](C(=O)O)N(C(F)(F)C(=O)OF)[C@@H](CC(C)(C)C)[C@]1(C#N)c1ccc(Cl)cc1F. The average Bonchev–Trinajstić information content (AvgIpc) is 3.13. The van der Waals surface area contributed by atoms with Crippen molar-refractivity contribution in [3.05, 3.63) is 63.4 Å². The fourth-order valence-corrected chi connectivity index (χ4v) is 5.73. The van der Waals surface area contributed by atoms with E-state index in [1.165, 1.54) is 31.4 Å². The molecule has 3 rings (SSSR count). The maximum absolute atomic E-state index is 15.7. The lowest BCUT2D eigenvalue weighted by atomic mass is 9.62. The third kappa shape index (κ3) is 5.25. The molecule has 1 fully saturated rings. The van der Waals surface area contributed by atoms with Crippen molar-refractivity contribution in [3.8, 4) is 11.8 Å². The van der Waals surface area contributed by atoms with Gasteiger partial charge < -0.3 is 9.84 Å². The van der Waals surface area contributed by atoms with Gasteiger partial charge in [0.15, 0.2) is 0 Å². The Morgan fingerprint density at radius 2 is 1.74 bits per heavy atom. The quantitative estimate of drug-likeness (QED) is 0.299. The second kappa shape index (κ2) is 10.8. The summed E-state index contributed by atoms with van der Waals surface area (Å²) in [6.45, 7) is 4.83. The third-order valence-electron chi connectivity index (χ3n) is 6.75. The number of hydrogen-bond donors (Lipinski definition) is 1. The lowest BCUT2D eigenvalue weighted by Crippen LogP contribution is -2.58. The number of nitriles is 1. The van der Waals surface area contributed by atoms with Crippen molar-refractivity contribution >= 4 is 35.1 Å². The molecule has 2 aromatic rings. The van der Waals surface area contributed by atoms with Gasteiger partial charge in [0.25, 0.3) is 0 Å². The number of carboxylic acid groups (broad SMARTS) is 1. The van der Waals surface area contributed by atoms with E-state index in [9.17, 15) is 24.5 Å². The van der Waals surface area contributed by atoms with Crippen LogP contribution < -0.4 is 4.74 Å². The molecule has 0 radical (unpaired) electrons. The molecule has 0 aromatic heterocycles.